The quantitative estimate of drug-likeness (QED) is 0.578. The maximum Gasteiger partial charge on any atom is 0.312 e. The fraction of sp³-hybridized carbons (Fsp3) is 0.889. The number of rotatable bonds is 4. The first-order chi connectivity index (χ1) is 7.46. The maximum atomic E-state index is 12.1. The molecule has 0 spiro atoms. The molecule has 0 aliphatic heterocycles. The molecule has 0 heterocycles. The zero-order valence-corrected chi connectivity index (χ0v) is 12.2. The first kappa shape index (κ1) is 32.1. The lowest BCUT2D eigenvalue weighted by molar-refractivity contribution is -0.167. The van der Waals surface area contributed by atoms with Crippen molar-refractivity contribution in [3.63, 3.8) is 0 Å². The van der Waals surface area contributed by atoms with E-state index < -0.39 is 16.4 Å². The van der Waals surface area contributed by atoms with Gasteiger partial charge in [0.25, 0.3) is 0 Å². The standard InChI is InChI=1S/C14H25NO2.4CH4/c1-8-14(7,10-15)9-13(5,6)11(16)17-12(2,3)4;;;;/h8-9H2,1-7H3;4*1H4. The number of hydrogen-bond donors (Lipinski definition) is 0. The summed E-state index contributed by atoms with van der Waals surface area (Å²) in [6, 6.07) is 2.29. The Labute approximate surface area is 135 Å². The van der Waals surface area contributed by atoms with Gasteiger partial charge in [-0.05, 0) is 54.4 Å². The molecule has 0 aliphatic carbocycles. The van der Waals surface area contributed by atoms with Crippen LogP contribution in [-0.4, -0.2) is 11.6 Å². The van der Waals surface area contributed by atoms with Gasteiger partial charge in [-0.25, -0.2) is 0 Å². The highest BCUT2D eigenvalue weighted by Gasteiger charge is 2.39. The van der Waals surface area contributed by atoms with Crippen molar-refractivity contribution in [2.24, 2.45) is 10.8 Å². The van der Waals surface area contributed by atoms with Crippen LogP contribution < -0.4 is 0 Å². The van der Waals surface area contributed by atoms with Gasteiger partial charge in [0.15, 0.2) is 0 Å². The van der Waals surface area contributed by atoms with Crippen molar-refractivity contribution >= 4 is 5.97 Å². The van der Waals surface area contributed by atoms with Gasteiger partial charge in [-0.3, -0.25) is 4.79 Å². The van der Waals surface area contributed by atoms with E-state index in [0.29, 0.717) is 6.42 Å². The predicted octanol–water partition coefficient (Wildman–Crippen LogP) is 6.23. The molecule has 0 saturated carbocycles. The van der Waals surface area contributed by atoms with Gasteiger partial charge in [0.05, 0.1) is 16.9 Å². The van der Waals surface area contributed by atoms with Crippen LogP contribution in [0, 0.1) is 22.2 Å². The average Bonchev–Trinajstić information content (AvgIpc) is 2.14. The minimum atomic E-state index is -0.631. The van der Waals surface area contributed by atoms with Crippen molar-refractivity contribution in [2.45, 2.75) is 96.6 Å². The first-order valence-electron chi connectivity index (χ1n) is 6.10. The van der Waals surface area contributed by atoms with Crippen LogP contribution in [-0.2, 0) is 9.53 Å². The Hall–Kier alpha value is -1.04. The van der Waals surface area contributed by atoms with Crippen LogP contribution in [0.3, 0.4) is 0 Å². The van der Waals surface area contributed by atoms with Crippen LogP contribution in [0.2, 0.25) is 0 Å². The Morgan fingerprint density at radius 3 is 1.62 bits per heavy atom. The molecule has 0 amide bonds. The van der Waals surface area contributed by atoms with E-state index in [1.165, 1.54) is 0 Å². The van der Waals surface area contributed by atoms with Gasteiger partial charge >= 0.3 is 5.97 Å². The number of hydrogen-bond acceptors (Lipinski definition) is 3. The lowest BCUT2D eigenvalue weighted by Gasteiger charge is -2.33. The smallest absolute Gasteiger partial charge is 0.312 e. The fourth-order valence-corrected chi connectivity index (χ4v) is 1.71. The molecule has 0 N–H and O–H groups in total. The summed E-state index contributed by atoms with van der Waals surface area (Å²) in [5, 5.41) is 9.16. The molecule has 0 aromatic rings. The van der Waals surface area contributed by atoms with Gasteiger partial charge in [0, 0.05) is 0 Å². The van der Waals surface area contributed by atoms with Crippen molar-refractivity contribution in [3.8, 4) is 6.07 Å². The van der Waals surface area contributed by atoms with Gasteiger partial charge < -0.3 is 4.74 Å². The maximum absolute atomic E-state index is 12.1. The molecule has 0 bridgehead atoms. The van der Waals surface area contributed by atoms with E-state index in [4.69, 9.17) is 10.00 Å². The van der Waals surface area contributed by atoms with Crippen LogP contribution in [0.25, 0.3) is 0 Å². The van der Waals surface area contributed by atoms with E-state index in [1.807, 2.05) is 48.5 Å². The van der Waals surface area contributed by atoms with Gasteiger partial charge in [-0.2, -0.15) is 5.26 Å². The highest BCUT2D eigenvalue weighted by atomic mass is 16.6. The van der Waals surface area contributed by atoms with Gasteiger partial charge in [-0.15, -0.1) is 0 Å². The summed E-state index contributed by atoms with van der Waals surface area (Å²) < 4.78 is 5.39. The zero-order valence-electron chi connectivity index (χ0n) is 12.2. The lowest BCUT2D eigenvalue weighted by Crippen LogP contribution is -2.37. The van der Waals surface area contributed by atoms with E-state index in [1.54, 1.807) is 0 Å². The molecule has 0 aliphatic rings. The monoisotopic (exact) mass is 303 g/mol. The zero-order chi connectivity index (χ0) is 13.9. The summed E-state index contributed by atoms with van der Waals surface area (Å²) >= 11 is 0. The molecule has 0 radical (unpaired) electrons. The van der Waals surface area contributed by atoms with Crippen LogP contribution in [0.1, 0.15) is 91.0 Å². The predicted molar refractivity (Wildman–Crippen MR) is 95.2 cm³/mol. The second-order valence-electron chi connectivity index (χ2n) is 6.59. The molecule has 0 aromatic heterocycles. The molecule has 0 saturated heterocycles. The topological polar surface area (TPSA) is 50.1 Å². The molecule has 1 unspecified atom stereocenters. The number of nitriles is 1. The Balaban J connectivity index is -0.000000213. The third-order valence-electron chi connectivity index (χ3n) is 2.83. The highest BCUT2D eigenvalue weighted by Crippen LogP contribution is 2.37. The first-order valence-corrected chi connectivity index (χ1v) is 6.10. The number of nitrogens with zero attached hydrogens (tertiary/aromatic N) is 1. The Bertz CT molecular complexity index is 321. The number of carbonyl (C=O) groups is 1. The largest absolute Gasteiger partial charge is 0.460 e. The SMILES string of the molecule is C.C.C.C.CCC(C)(C#N)CC(C)(C)C(=O)OC(C)(C)C. The molecule has 0 rings (SSSR count). The fourth-order valence-electron chi connectivity index (χ4n) is 1.71. The van der Waals surface area contributed by atoms with Crippen molar-refractivity contribution < 1.29 is 9.53 Å². The molecule has 1 atom stereocenters. The number of esters is 1. The Kier molecular flexibility index (Phi) is 16.3. The number of carbonyl (C=O) groups excluding carboxylic acids is 1. The average molecular weight is 304 g/mol. The lowest BCUT2D eigenvalue weighted by atomic mass is 9.73. The number of ether oxygens (including phenoxy) is 1. The van der Waals surface area contributed by atoms with Gasteiger partial charge in [-0.1, -0.05) is 36.6 Å². The molecular formula is C18H41NO2. The van der Waals surface area contributed by atoms with Crippen LogP contribution in [0.4, 0.5) is 0 Å². The minimum Gasteiger partial charge on any atom is -0.460 e. The second-order valence-corrected chi connectivity index (χ2v) is 6.59. The van der Waals surface area contributed by atoms with Crippen molar-refractivity contribution in [1.29, 1.82) is 5.26 Å². The molecule has 130 valence electrons. The van der Waals surface area contributed by atoms with Crippen molar-refractivity contribution in [3.05, 3.63) is 0 Å². The highest BCUT2D eigenvalue weighted by molar-refractivity contribution is 5.76. The van der Waals surface area contributed by atoms with Crippen LogP contribution in [0.5, 0.6) is 0 Å². The third-order valence-corrected chi connectivity index (χ3v) is 2.83. The van der Waals surface area contributed by atoms with E-state index in [2.05, 4.69) is 6.07 Å². The van der Waals surface area contributed by atoms with Crippen LogP contribution >= 0.6 is 0 Å². The third kappa shape index (κ3) is 11.3. The molecule has 0 aromatic carbocycles. The Morgan fingerprint density at radius 2 is 1.38 bits per heavy atom. The van der Waals surface area contributed by atoms with Crippen molar-refractivity contribution in [2.75, 3.05) is 0 Å². The summed E-state index contributed by atoms with van der Waals surface area (Å²) in [6.07, 6.45) is 1.25. The minimum absolute atomic E-state index is 0. The van der Waals surface area contributed by atoms with E-state index in [0.717, 1.165) is 6.42 Å². The molecular weight excluding hydrogens is 262 g/mol. The normalized spacial score (nSPS) is 12.9. The Morgan fingerprint density at radius 1 is 1.00 bits per heavy atom. The summed E-state index contributed by atoms with van der Waals surface area (Å²) in [5.74, 6) is -0.236. The van der Waals surface area contributed by atoms with E-state index in [-0.39, 0.29) is 35.7 Å². The summed E-state index contributed by atoms with van der Waals surface area (Å²) in [5.41, 5.74) is -1.59. The van der Waals surface area contributed by atoms with Crippen LogP contribution in [0.15, 0.2) is 0 Å². The molecule has 3 nitrogen and oxygen atoms in total. The van der Waals surface area contributed by atoms with Crippen molar-refractivity contribution in [1.82, 2.24) is 0 Å². The van der Waals surface area contributed by atoms with E-state index >= 15 is 0 Å². The summed E-state index contributed by atoms with van der Waals surface area (Å²) in [7, 11) is 0. The second kappa shape index (κ2) is 10.7. The van der Waals surface area contributed by atoms with Gasteiger partial charge in [0.1, 0.15) is 5.60 Å². The summed E-state index contributed by atoms with van der Waals surface area (Å²) in [6.45, 7) is 13.1. The molecule has 0 fully saturated rings. The molecule has 21 heavy (non-hydrogen) atoms. The summed E-state index contributed by atoms with van der Waals surface area (Å²) in [4.78, 5) is 12.1. The molecule has 3 heteroatoms. The van der Waals surface area contributed by atoms with Gasteiger partial charge in [0.2, 0.25) is 0 Å². The van der Waals surface area contributed by atoms with E-state index in [9.17, 15) is 4.79 Å².